The number of piperidine rings is 1. The van der Waals surface area contributed by atoms with E-state index in [0.717, 1.165) is 19.1 Å². The number of likely N-dealkylation sites (tertiary alicyclic amines) is 1. The van der Waals surface area contributed by atoms with Crippen LogP contribution in [0.4, 0.5) is 0 Å². The van der Waals surface area contributed by atoms with Crippen molar-refractivity contribution in [3.63, 3.8) is 0 Å². The Morgan fingerprint density at radius 3 is 2.83 bits per heavy atom. The highest BCUT2D eigenvalue weighted by atomic mass is 15.2. The molecule has 1 N–H and O–H groups in total. The summed E-state index contributed by atoms with van der Waals surface area (Å²) in [5.74, 6) is 0. The predicted molar refractivity (Wildman–Crippen MR) is 77.7 cm³/mol. The van der Waals surface area contributed by atoms with Crippen LogP contribution < -0.4 is 5.32 Å². The fourth-order valence-corrected chi connectivity index (χ4v) is 2.93. The minimum absolute atomic E-state index is 0.798. The summed E-state index contributed by atoms with van der Waals surface area (Å²) < 4.78 is 0. The average Bonchev–Trinajstić information content (AvgIpc) is 2.42. The molecule has 1 fully saturated rings. The first-order valence-corrected chi connectivity index (χ1v) is 7.32. The van der Waals surface area contributed by atoms with Crippen molar-refractivity contribution in [2.45, 2.75) is 44.7 Å². The zero-order valence-electron chi connectivity index (χ0n) is 11.6. The van der Waals surface area contributed by atoms with E-state index >= 15 is 0 Å². The van der Waals surface area contributed by atoms with E-state index in [1.165, 1.54) is 44.2 Å². The third-order valence-corrected chi connectivity index (χ3v) is 3.94. The van der Waals surface area contributed by atoms with Crippen molar-refractivity contribution in [2.24, 2.45) is 0 Å². The fourth-order valence-electron chi connectivity index (χ4n) is 2.93. The molecule has 100 valence electrons. The van der Waals surface area contributed by atoms with Crippen molar-refractivity contribution in [1.82, 2.24) is 10.2 Å². The van der Waals surface area contributed by atoms with Crippen molar-refractivity contribution in [3.8, 4) is 0 Å². The lowest BCUT2D eigenvalue weighted by Crippen LogP contribution is -2.39. The van der Waals surface area contributed by atoms with Gasteiger partial charge in [0, 0.05) is 12.6 Å². The van der Waals surface area contributed by atoms with Crippen molar-refractivity contribution in [1.29, 1.82) is 0 Å². The van der Waals surface area contributed by atoms with E-state index in [1.807, 2.05) is 7.05 Å². The van der Waals surface area contributed by atoms with Crippen LogP contribution in [-0.2, 0) is 6.54 Å². The summed E-state index contributed by atoms with van der Waals surface area (Å²) in [5, 5.41) is 3.25. The monoisotopic (exact) mass is 246 g/mol. The van der Waals surface area contributed by atoms with Gasteiger partial charge in [-0.25, -0.2) is 0 Å². The van der Waals surface area contributed by atoms with Gasteiger partial charge < -0.3 is 5.32 Å². The molecule has 1 atom stereocenters. The Morgan fingerprint density at radius 1 is 1.22 bits per heavy atom. The Kier molecular flexibility index (Phi) is 5.69. The Bertz CT molecular complexity index is 323. The maximum atomic E-state index is 3.25. The second-order valence-corrected chi connectivity index (χ2v) is 5.35. The maximum absolute atomic E-state index is 3.25. The molecule has 2 nitrogen and oxygen atoms in total. The lowest BCUT2D eigenvalue weighted by atomic mass is 9.97. The average molecular weight is 246 g/mol. The van der Waals surface area contributed by atoms with E-state index < -0.39 is 0 Å². The quantitative estimate of drug-likeness (QED) is 0.776. The third kappa shape index (κ3) is 4.11. The highest BCUT2D eigenvalue weighted by Crippen LogP contribution is 2.22. The molecule has 0 saturated carbocycles. The van der Waals surface area contributed by atoms with Crippen LogP contribution in [0.3, 0.4) is 0 Å². The second kappa shape index (κ2) is 7.55. The molecule has 1 aromatic carbocycles. The van der Waals surface area contributed by atoms with Gasteiger partial charge in [0.2, 0.25) is 0 Å². The van der Waals surface area contributed by atoms with Crippen LogP contribution in [0.5, 0.6) is 0 Å². The molecule has 0 aromatic heterocycles. The topological polar surface area (TPSA) is 15.3 Å². The first-order valence-electron chi connectivity index (χ1n) is 7.32. The van der Waals surface area contributed by atoms with Crippen LogP contribution >= 0.6 is 0 Å². The largest absolute Gasteiger partial charge is 0.320 e. The molecule has 1 saturated heterocycles. The van der Waals surface area contributed by atoms with Gasteiger partial charge in [0.1, 0.15) is 0 Å². The molecule has 1 aliphatic rings. The molecule has 0 unspecified atom stereocenters. The molecule has 2 rings (SSSR count). The van der Waals surface area contributed by atoms with Crippen LogP contribution in [0.25, 0.3) is 0 Å². The Labute approximate surface area is 111 Å². The van der Waals surface area contributed by atoms with Crippen molar-refractivity contribution < 1.29 is 0 Å². The van der Waals surface area contributed by atoms with Crippen molar-refractivity contribution in [2.75, 3.05) is 20.1 Å². The SMILES string of the molecule is CNCCC[C@H]1CCCCN1Cc1ccccc1. The molecule has 2 heteroatoms. The van der Waals surface area contributed by atoms with Gasteiger partial charge in [0.25, 0.3) is 0 Å². The zero-order valence-corrected chi connectivity index (χ0v) is 11.6. The fraction of sp³-hybridized carbons (Fsp3) is 0.625. The van der Waals surface area contributed by atoms with Crippen LogP contribution in [-0.4, -0.2) is 31.1 Å². The summed E-state index contributed by atoms with van der Waals surface area (Å²) in [6.45, 7) is 3.56. The molecular weight excluding hydrogens is 220 g/mol. The van der Waals surface area contributed by atoms with Crippen LogP contribution in [0.15, 0.2) is 30.3 Å². The number of nitrogens with one attached hydrogen (secondary N) is 1. The summed E-state index contributed by atoms with van der Waals surface area (Å²) in [6, 6.07) is 11.7. The van der Waals surface area contributed by atoms with E-state index in [-0.39, 0.29) is 0 Å². The van der Waals surface area contributed by atoms with Crippen LogP contribution in [0.2, 0.25) is 0 Å². The van der Waals surface area contributed by atoms with Crippen molar-refractivity contribution in [3.05, 3.63) is 35.9 Å². The van der Waals surface area contributed by atoms with E-state index in [4.69, 9.17) is 0 Å². The van der Waals surface area contributed by atoms with E-state index in [9.17, 15) is 0 Å². The van der Waals surface area contributed by atoms with Gasteiger partial charge in [-0.15, -0.1) is 0 Å². The van der Waals surface area contributed by atoms with Crippen molar-refractivity contribution >= 4 is 0 Å². The highest BCUT2D eigenvalue weighted by molar-refractivity contribution is 5.14. The molecule has 1 aromatic rings. The normalized spacial score (nSPS) is 21.1. The number of rotatable bonds is 6. The summed E-state index contributed by atoms with van der Waals surface area (Å²) >= 11 is 0. The van der Waals surface area contributed by atoms with E-state index in [1.54, 1.807) is 0 Å². The third-order valence-electron chi connectivity index (χ3n) is 3.94. The zero-order chi connectivity index (χ0) is 12.6. The van der Waals surface area contributed by atoms with E-state index in [2.05, 4.69) is 40.5 Å². The Morgan fingerprint density at radius 2 is 2.06 bits per heavy atom. The van der Waals surface area contributed by atoms with E-state index in [0.29, 0.717) is 0 Å². The van der Waals surface area contributed by atoms with Gasteiger partial charge in [0.15, 0.2) is 0 Å². The van der Waals surface area contributed by atoms with Gasteiger partial charge in [-0.3, -0.25) is 4.90 Å². The van der Waals surface area contributed by atoms with Gasteiger partial charge in [-0.1, -0.05) is 36.8 Å². The molecule has 1 heterocycles. The minimum Gasteiger partial charge on any atom is -0.320 e. The Hall–Kier alpha value is -0.860. The number of benzene rings is 1. The summed E-state index contributed by atoms with van der Waals surface area (Å²) in [4.78, 5) is 2.69. The van der Waals surface area contributed by atoms with Gasteiger partial charge >= 0.3 is 0 Å². The first kappa shape index (κ1) is 13.6. The predicted octanol–water partition coefficient (Wildman–Crippen LogP) is 3.04. The van der Waals surface area contributed by atoms with Gasteiger partial charge in [-0.05, 0) is 51.4 Å². The molecule has 0 radical (unpaired) electrons. The standard InChI is InChI=1S/C16H26N2/c1-17-12-7-11-16-10-5-6-13-18(16)14-15-8-3-2-4-9-15/h2-4,8-9,16-17H,5-7,10-14H2,1H3/t16-/m1/s1. The smallest absolute Gasteiger partial charge is 0.0236 e. The lowest BCUT2D eigenvalue weighted by molar-refractivity contribution is 0.130. The molecule has 0 bridgehead atoms. The molecule has 18 heavy (non-hydrogen) atoms. The lowest BCUT2D eigenvalue weighted by Gasteiger charge is -2.36. The number of nitrogens with zero attached hydrogens (tertiary/aromatic N) is 1. The van der Waals surface area contributed by atoms with Crippen LogP contribution in [0.1, 0.15) is 37.7 Å². The highest BCUT2D eigenvalue weighted by Gasteiger charge is 2.21. The molecule has 0 aliphatic carbocycles. The summed E-state index contributed by atoms with van der Waals surface area (Å²) in [6.07, 6.45) is 6.81. The molecule has 0 amide bonds. The van der Waals surface area contributed by atoms with Gasteiger partial charge in [0.05, 0.1) is 0 Å². The summed E-state index contributed by atoms with van der Waals surface area (Å²) in [5.41, 5.74) is 1.46. The number of hydrogen-bond donors (Lipinski definition) is 1. The van der Waals surface area contributed by atoms with Crippen LogP contribution in [0, 0.1) is 0 Å². The second-order valence-electron chi connectivity index (χ2n) is 5.35. The molecule has 1 aliphatic heterocycles. The minimum atomic E-state index is 0.798. The Balaban J connectivity index is 1.87. The molecule has 0 spiro atoms. The number of hydrogen-bond acceptors (Lipinski definition) is 2. The maximum Gasteiger partial charge on any atom is 0.0236 e. The molecular formula is C16H26N2. The summed E-state index contributed by atoms with van der Waals surface area (Å²) in [7, 11) is 2.04. The van der Waals surface area contributed by atoms with Gasteiger partial charge in [-0.2, -0.15) is 0 Å². The first-order chi connectivity index (χ1) is 8.90.